The van der Waals surface area contributed by atoms with Gasteiger partial charge < -0.3 is 18.8 Å². The van der Waals surface area contributed by atoms with E-state index in [0.717, 1.165) is 0 Å². The van der Waals surface area contributed by atoms with Crippen LogP contribution >= 0.6 is 0 Å². The normalized spacial score (nSPS) is 16.6. The molecule has 1 unspecified atom stereocenters. The number of hydrogen-bond donors (Lipinski definition) is 0. The Balaban J connectivity index is 2.13. The largest absolute Gasteiger partial charge is 0.469 e. The van der Waals surface area contributed by atoms with Gasteiger partial charge in [-0.05, 0) is 17.7 Å². The smallest absolute Gasteiger partial charge is 0.336 e. The van der Waals surface area contributed by atoms with E-state index in [4.69, 9.17) is 13.9 Å². The quantitative estimate of drug-likeness (QED) is 0.727. The summed E-state index contributed by atoms with van der Waals surface area (Å²) in [5.74, 6) is -2.04. The summed E-state index contributed by atoms with van der Waals surface area (Å²) in [4.78, 5) is 39.0. The second-order valence-electron chi connectivity index (χ2n) is 5.96. The fourth-order valence-corrected chi connectivity index (χ4v) is 3.14. The molecule has 2 heterocycles. The lowest BCUT2D eigenvalue weighted by Crippen LogP contribution is -2.29. The van der Waals surface area contributed by atoms with Crippen molar-refractivity contribution in [3.05, 3.63) is 65.6 Å². The van der Waals surface area contributed by atoms with Gasteiger partial charge in [-0.15, -0.1) is 0 Å². The Labute approximate surface area is 156 Å². The number of carbonyl (C=O) groups is 3. The molecule has 1 aliphatic rings. The number of amides is 1. The standard InChI is InChI=1S/C20H19NO6/c1-25-16(22)11-15-17(20(24)26-2)18(13-7-4-3-5-8-13)21(19(15)23)12-14-9-6-10-27-14/h3-10,15H,11-12H2,1-2H3. The van der Waals surface area contributed by atoms with Crippen LogP contribution in [0, 0.1) is 5.92 Å². The summed E-state index contributed by atoms with van der Waals surface area (Å²) in [5, 5.41) is 0. The Hall–Kier alpha value is -3.35. The third-order valence-electron chi connectivity index (χ3n) is 4.38. The van der Waals surface area contributed by atoms with Gasteiger partial charge in [0, 0.05) is 0 Å². The number of methoxy groups -OCH3 is 2. The monoisotopic (exact) mass is 369 g/mol. The van der Waals surface area contributed by atoms with Gasteiger partial charge in [0.15, 0.2) is 0 Å². The van der Waals surface area contributed by atoms with Gasteiger partial charge in [0.05, 0.1) is 50.6 Å². The molecule has 140 valence electrons. The van der Waals surface area contributed by atoms with E-state index < -0.39 is 17.9 Å². The van der Waals surface area contributed by atoms with Crippen molar-refractivity contribution < 1.29 is 28.3 Å². The van der Waals surface area contributed by atoms with Crippen LogP contribution in [0.15, 0.2) is 58.7 Å². The highest BCUT2D eigenvalue weighted by atomic mass is 16.5. The molecule has 1 aliphatic heterocycles. The first kappa shape index (κ1) is 18.4. The minimum absolute atomic E-state index is 0.133. The van der Waals surface area contributed by atoms with Crippen molar-refractivity contribution in [1.29, 1.82) is 0 Å². The molecule has 0 fully saturated rings. The summed E-state index contributed by atoms with van der Waals surface area (Å²) in [5.41, 5.74) is 1.23. The molecule has 0 saturated carbocycles. The van der Waals surface area contributed by atoms with Crippen molar-refractivity contribution >= 4 is 23.5 Å². The van der Waals surface area contributed by atoms with Crippen molar-refractivity contribution in [3.8, 4) is 0 Å². The Morgan fingerprint density at radius 3 is 2.41 bits per heavy atom. The molecule has 1 aromatic heterocycles. The van der Waals surface area contributed by atoms with Crippen LogP contribution in [0.4, 0.5) is 0 Å². The summed E-state index contributed by atoms with van der Waals surface area (Å²) < 4.78 is 15.0. The van der Waals surface area contributed by atoms with Crippen molar-refractivity contribution in [2.75, 3.05) is 14.2 Å². The zero-order valence-corrected chi connectivity index (χ0v) is 15.0. The van der Waals surface area contributed by atoms with Gasteiger partial charge in [-0.2, -0.15) is 0 Å². The summed E-state index contributed by atoms with van der Waals surface area (Å²) in [7, 11) is 2.48. The highest BCUT2D eigenvalue weighted by molar-refractivity contribution is 6.11. The molecular formula is C20H19NO6. The van der Waals surface area contributed by atoms with Gasteiger partial charge in [-0.3, -0.25) is 9.59 Å². The number of nitrogens with zero attached hydrogens (tertiary/aromatic N) is 1. The Kier molecular flexibility index (Phi) is 5.40. The third kappa shape index (κ3) is 3.62. The third-order valence-corrected chi connectivity index (χ3v) is 4.38. The molecule has 2 aromatic rings. The lowest BCUT2D eigenvalue weighted by molar-refractivity contribution is -0.145. The van der Waals surface area contributed by atoms with Gasteiger partial charge in [0.1, 0.15) is 5.76 Å². The predicted octanol–water partition coefficient (Wildman–Crippen LogP) is 2.39. The van der Waals surface area contributed by atoms with E-state index >= 15 is 0 Å². The fraction of sp³-hybridized carbons (Fsp3) is 0.250. The molecule has 27 heavy (non-hydrogen) atoms. The number of hydrogen-bond acceptors (Lipinski definition) is 6. The van der Waals surface area contributed by atoms with E-state index in [0.29, 0.717) is 17.0 Å². The minimum Gasteiger partial charge on any atom is -0.469 e. The summed E-state index contributed by atoms with van der Waals surface area (Å²) in [6, 6.07) is 12.5. The summed E-state index contributed by atoms with van der Waals surface area (Å²) in [6.07, 6.45) is 1.26. The molecule has 0 spiro atoms. The minimum atomic E-state index is -0.977. The molecule has 0 N–H and O–H groups in total. The number of ether oxygens (including phenoxy) is 2. The lowest BCUT2D eigenvalue weighted by Gasteiger charge is -2.20. The van der Waals surface area contributed by atoms with E-state index in [2.05, 4.69) is 0 Å². The Morgan fingerprint density at radius 1 is 1.07 bits per heavy atom. The Bertz CT molecular complexity index is 869. The lowest BCUT2D eigenvalue weighted by atomic mass is 9.95. The van der Waals surface area contributed by atoms with Gasteiger partial charge in [-0.1, -0.05) is 30.3 Å². The fourth-order valence-electron chi connectivity index (χ4n) is 3.14. The highest BCUT2D eigenvalue weighted by Crippen LogP contribution is 2.39. The Morgan fingerprint density at radius 2 is 1.81 bits per heavy atom. The van der Waals surface area contributed by atoms with E-state index in [9.17, 15) is 14.4 Å². The first-order valence-electron chi connectivity index (χ1n) is 8.35. The molecule has 0 saturated heterocycles. The molecule has 7 heteroatoms. The molecule has 0 radical (unpaired) electrons. The van der Waals surface area contributed by atoms with Gasteiger partial charge in [-0.25, -0.2) is 4.79 Å². The van der Waals surface area contributed by atoms with Crippen LogP contribution in [0.5, 0.6) is 0 Å². The van der Waals surface area contributed by atoms with E-state index in [-0.39, 0.29) is 24.4 Å². The van der Waals surface area contributed by atoms with Gasteiger partial charge >= 0.3 is 11.9 Å². The van der Waals surface area contributed by atoms with Crippen molar-refractivity contribution in [2.24, 2.45) is 5.92 Å². The van der Waals surface area contributed by atoms with Crippen LogP contribution in [0.2, 0.25) is 0 Å². The topological polar surface area (TPSA) is 86.1 Å². The van der Waals surface area contributed by atoms with E-state index in [1.165, 1.54) is 25.4 Å². The van der Waals surface area contributed by atoms with Gasteiger partial charge in [0.25, 0.3) is 0 Å². The molecule has 0 aliphatic carbocycles. The van der Waals surface area contributed by atoms with Crippen LogP contribution in [0.25, 0.3) is 5.70 Å². The van der Waals surface area contributed by atoms with Crippen LogP contribution in [-0.4, -0.2) is 37.0 Å². The number of benzene rings is 1. The number of rotatable bonds is 6. The maximum absolute atomic E-state index is 13.1. The SMILES string of the molecule is COC(=O)CC1C(=O)N(Cc2ccco2)C(c2ccccc2)=C1C(=O)OC. The number of furan rings is 1. The predicted molar refractivity (Wildman–Crippen MR) is 94.8 cm³/mol. The first-order chi connectivity index (χ1) is 13.1. The summed E-state index contributed by atoms with van der Waals surface area (Å²) in [6.45, 7) is 0.133. The van der Waals surface area contributed by atoms with Crippen molar-refractivity contribution in [3.63, 3.8) is 0 Å². The van der Waals surface area contributed by atoms with Crippen LogP contribution in [0.3, 0.4) is 0 Å². The van der Waals surface area contributed by atoms with E-state index in [1.807, 2.05) is 6.07 Å². The second kappa shape index (κ2) is 7.90. The average Bonchev–Trinajstić information content (AvgIpc) is 3.30. The number of esters is 2. The van der Waals surface area contributed by atoms with Gasteiger partial charge in [0.2, 0.25) is 5.91 Å². The second-order valence-corrected chi connectivity index (χ2v) is 5.96. The zero-order chi connectivity index (χ0) is 19.4. The molecular weight excluding hydrogens is 350 g/mol. The maximum Gasteiger partial charge on any atom is 0.336 e. The van der Waals surface area contributed by atoms with Crippen LogP contribution in [-0.2, 0) is 30.4 Å². The molecule has 1 aromatic carbocycles. The van der Waals surface area contributed by atoms with Crippen molar-refractivity contribution in [2.45, 2.75) is 13.0 Å². The zero-order valence-electron chi connectivity index (χ0n) is 15.0. The average molecular weight is 369 g/mol. The molecule has 3 rings (SSSR count). The summed E-state index contributed by atoms with van der Waals surface area (Å²) >= 11 is 0. The molecule has 7 nitrogen and oxygen atoms in total. The number of carbonyl (C=O) groups excluding carboxylic acids is 3. The van der Waals surface area contributed by atoms with E-state index in [1.54, 1.807) is 36.4 Å². The molecule has 1 atom stereocenters. The molecule has 1 amide bonds. The maximum atomic E-state index is 13.1. The first-order valence-corrected chi connectivity index (χ1v) is 8.35. The molecule has 0 bridgehead atoms. The van der Waals surface area contributed by atoms with Crippen LogP contribution < -0.4 is 0 Å². The highest BCUT2D eigenvalue weighted by Gasteiger charge is 2.45. The van der Waals surface area contributed by atoms with Crippen LogP contribution in [0.1, 0.15) is 17.7 Å². The van der Waals surface area contributed by atoms with Crippen molar-refractivity contribution in [1.82, 2.24) is 4.90 Å².